The Labute approximate surface area is 151 Å². The molecule has 0 heterocycles. The molecule has 4 nitrogen and oxygen atoms in total. The van der Waals surface area contributed by atoms with Crippen molar-refractivity contribution in [3.05, 3.63) is 59.2 Å². The molecule has 0 unspecified atom stereocenters. The highest BCUT2D eigenvalue weighted by Crippen LogP contribution is 2.25. The Morgan fingerprint density at radius 3 is 2.40 bits per heavy atom. The Morgan fingerprint density at radius 1 is 1.04 bits per heavy atom. The van der Waals surface area contributed by atoms with Gasteiger partial charge in [0.2, 0.25) is 10.0 Å². The molecule has 0 atom stereocenters. The van der Waals surface area contributed by atoms with E-state index < -0.39 is 10.0 Å². The average Bonchev–Trinajstić information content (AvgIpc) is 2.51. The minimum atomic E-state index is -3.52. The topological polar surface area (TPSA) is 55.4 Å². The SMILES string of the molecule is Cc1ccc(S(=O)(=O)NCCOc2cccc(C(C)(C)C)c2)c(C)c1. The van der Waals surface area contributed by atoms with Gasteiger partial charge in [-0.3, -0.25) is 0 Å². The number of aryl methyl sites for hydroxylation is 2. The van der Waals surface area contributed by atoms with Crippen LogP contribution < -0.4 is 9.46 Å². The maximum absolute atomic E-state index is 12.4. The summed E-state index contributed by atoms with van der Waals surface area (Å²) in [6.45, 7) is 10.7. The number of hydrogen-bond donors (Lipinski definition) is 1. The van der Waals surface area contributed by atoms with Crippen LogP contribution in [0.4, 0.5) is 0 Å². The van der Waals surface area contributed by atoms with Gasteiger partial charge in [0, 0.05) is 6.54 Å². The van der Waals surface area contributed by atoms with Gasteiger partial charge in [0.1, 0.15) is 12.4 Å². The molecule has 25 heavy (non-hydrogen) atoms. The first-order valence-electron chi connectivity index (χ1n) is 8.40. The molecule has 0 amide bonds. The lowest BCUT2D eigenvalue weighted by atomic mass is 9.87. The molecule has 0 fully saturated rings. The van der Waals surface area contributed by atoms with Crippen molar-refractivity contribution in [2.45, 2.75) is 44.9 Å². The maximum atomic E-state index is 12.4. The summed E-state index contributed by atoms with van der Waals surface area (Å²) in [5, 5.41) is 0. The molecule has 2 rings (SSSR count). The summed E-state index contributed by atoms with van der Waals surface area (Å²) in [6.07, 6.45) is 0. The van der Waals surface area contributed by atoms with E-state index in [2.05, 4.69) is 31.6 Å². The Hall–Kier alpha value is -1.85. The van der Waals surface area contributed by atoms with Gasteiger partial charge in [-0.1, -0.05) is 50.6 Å². The van der Waals surface area contributed by atoms with Crippen molar-refractivity contribution >= 4 is 10.0 Å². The quantitative estimate of drug-likeness (QED) is 0.793. The van der Waals surface area contributed by atoms with Gasteiger partial charge < -0.3 is 4.74 Å². The standard InChI is InChI=1S/C20H27NO3S/c1-15-9-10-19(16(2)13-15)25(22,23)21-11-12-24-18-8-6-7-17(14-18)20(3,4)5/h6-10,13-14,21H,11-12H2,1-5H3. The molecule has 0 aliphatic heterocycles. The lowest BCUT2D eigenvalue weighted by Gasteiger charge is -2.19. The van der Waals surface area contributed by atoms with Crippen LogP contribution in [0.2, 0.25) is 0 Å². The van der Waals surface area contributed by atoms with E-state index in [1.54, 1.807) is 19.1 Å². The van der Waals surface area contributed by atoms with Crippen LogP contribution in [0.3, 0.4) is 0 Å². The Morgan fingerprint density at radius 2 is 1.76 bits per heavy atom. The third kappa shape index (κ3) is 5.31. The van der Waals surface area contributed by atoms with Gasteiger partial charge in [-0.05, 0) is 48.6 Å². The number of benzene rings is 2. The van der Waals surface area contributed by atoms with Crippen molar-refractivity contribution in [2.75, 3.05) is 13.2 Å². The number of sulfonamides is 1. The number of ether oxygens (including phenoxy) is 1. The molecule has 0 radical (unpaired) electrons. The van der Waals surface area contributed by atoms with Gasteiger partial charge in [-0.15, -0.1) is 0 Å². The van der Waals surface area contributed by atoms with Crippen LogP contribution in [-0.2, 0) is 15.4 Å². The highest BCUT2D eigenvalue weighted by molar-refractivity contribution is 7.89. The summed E-state index contributed by atoms with van der Waals surface area (Å²) < 4.78 is 33.1. The number of rotatable bonds is 6. The van der Waals surface area contributed by atoms with Crippen molar-refractivity contribution in [1.29, 1.82) is 0 Å². The average molecular weight is 362 g/mol. The number of nitrogens with one attached hydrogen (secondary N) is 1. The van der Waals surface area contributed by atoms with Crippen molar-refractivity contribution in [3.63, 3.8) is 0 Å². The highest BCUT2D eigenvalue weighted by Gasteiger charge is 2.16. The fraction of sp³-hybridized carbons (Fsp3) is 0.400. The first-order chi connectivity index (χ1) is 11.6. The fourth-order valence-corrected chi connectivity index (χ4v) is 3.81. The molecule has 136 valence electrons. The first-order valence-corrected chi connectivity index (χ1v) is 9.88. The zero-order valence-corrected chi connectivity index (χ0v) is 16.4. The molecule has 0 bridgehead atoms. The minimum Gasteiger partial charge on any atom is -0.492 e. The minimum absolute atomic E-state index is 0.0456. The van der Waals surface area contributed by atoms with Crippen LogP contribution in [0.25, 0.3) is 0 Å². The van der Waals surface area contributed by atoms with Gasteiger partial charge >= 0.3 is 0 Å². The van der Waals surface area contributed by atoms with Gasteiger partial charge in [0.15, 0.2) is 0 Å². The summed E-state index contributed by atoms with van der Waals surface area (Å²) in [4.78, 5) is 0.313. The monoisotopic (exact) mass is 361 g/mol. The predicted octanol–water partition coefficient (Wildman–Crippen LogP) is 3.96. The smallest absolute Gasteiger partial charge is 0.240 e. The molecule has 0 saturated heterocycles. The molecule has 0 aromatic heterocycles. The van der Waals surface area contributed by atoms with Crippen molar-refractivity contribution in [3.8, 4) is 5.75 Å². The summed E-state index contributed by atoms with van der Waals surface area (Å²) in [6, 6.07) is 13.2. The molecule has 0 aliphatic carbocycles. The predicted molar refractivity (Wildman–Crippen MR) is 102 cm³/mol. The normalized spacial score (nSPS) is 12.2. The van der Waals surface area contributed by atoms with Crippen molar-refractivity contribution in [1.82, 2.24) is 4.72 Å². The van der Waals surface area contributed by atoms with Crippen LogP contribution in [0.5, 0.6) is 5.75 Å². The Bertz CT molecular complexity index is 836. The van der Waals surface area contributed by atoms with Crippen molar-refractivity contribution in [2.24, 2.45) is 0 Å². The van der Waals surface area contributed by atoms with E-state index in [0.29, 0.717) is 4.90 Å². The largest absolute Gasteiger partial charge is 0.492 e. The fourth-order valence-electron chi connectivity index (χ4n) is 2.58. The molecule has 0 aliphatic rings. The van der Waals surface area contributed by atoms with Crippen LogP contribution in [0, 0.1) is 13.8 Å². The van der Waals surface area contributed by atoms with Crippen LogP contribution in [0.15, 0.2) is 47.4 Å². The molecule has 2 aromatic carbocycles. The summed E-state index contributed by atoms with van der Waals surface area (Å²) in [5.74, 6) is 0.748. The van der Waals surface area contributed by atoms with E-state index in [-0.39, 0.29) is 18.6 Å². The molecule has 5 heteroatoms. The maximum Gasteiger partial charge on any atom is 0.240 e. The summed E-state index contributed by atoms with van der Waals surface area (Å²) >= 11 is 0. The number of hydrogen-bond acceptors (Lipinski definition) is 3. The summed E-state index contributed by atoms with van der Waals surface area (Å²) in [5.41, 5.74) is 3.01. The third-order valence-electron chi connectivity index (χ3n) is 3.98. The Kier molecular flexibility index (Phi) is 5.91. The summed E-state index contributed by atoms with van der Waals surface area (Å²) in [7, 11) is -3.52. The van der Waals surface area contributed by atoms with E-state index in [1.807, 2.05) is 31.2 Å². The van der Waals surface area contributed by atoms with E-state index in [4.69, 9.17) is 4.74 Å². The van der Waals surface area contributed by atoms with Gasteiger partial charge in [-0.2, -0.15) is 0 Å². The first kappa shape index (κ1) is 19.5. The molecule has 0 saturated carbocycles. The lowest BCUT2D eigenvalue weighted by Crippen LogP contribution is -2.28. The molecular formula is C20H27NO3S. The van der Waals surface area contributed by atoms with Gasteiger partial charge in [-0.25, -0.2) is 13.1 Å². The molecular weight excluding hydrogens is 334 g/mol. The van der Waals surface area contributed by atoms with E-state index in [0.717, 1.165) is 16.9 Å². The second kappa shape index (κ2) is 7.58. The Balaban J connectivity index is 1.95. The van der Waals surface area contributed by atoms with Crippen LogP contribution in [-0.4, -0.2) is 21.6 Å². The molecule has 2 aromatic rings. The van der Waals surface area contributed by atoms with Gasteiger partial charge in [0.25, 0.3) is 0 Å². The van der Waals surface area contributed by atoms with E-state index in [1.165, 1.54) is 5.56 Å². The van der Waals surface area contributed by atoms with Crippen molar-refractivity contribution < 1.29 is 13.2 Å². The van der Waals surface area contributed by atoms with E-state index >= 15 is 0 Å². The second-order valence-electron chi connectivity index (χ2n) is 7.29. The molecule has 1 N–H and O–H groups in total. The molecule has 0 spiro atoms. The zero-order chi connectivity index (χ0) is 18.7. The second-order valence-corrected chi connectivity index (χ2v) is 9.03. The van der Waals surface area contributed by atoms with E-state index in [9.17, 15) is 8.42 Å². The zero-order valence-electron chi connectivity index (χ0n) is 15.6. The lowest BCUT2D eigenvalue weighted by molar-refractivity contribution is 0.322. The van der Waals surface area contributed by atoms with Gasteiger partial charge in [0.05, 0.1) is 4.90 Å². The highest BCUT2D eigenvalue weighted by atomic mass is 32.2. The van der Waals surface area contributed by atoms with Crippen LogP contribution >= 0.6 is 0 Å². The third-order valence-corrected chi connectivity index (χ3v) is 5.60. The van der Waals surface area contributed by atoms with Crippen LogP contribution in [0.1, 0.15) is 37.5 Å².